The normalized spacial score (nSPS) is 42.8. The van der Waals surface area contributed by atoms with Crippen molar-refractivity contribution in [3.8, 4) is 0 Å². The van der Waals surface area contributed by atoms with Crippen molar-refractivity contribution in [2.24, 2.45) is 23.7 Å². The molecular weight excluding hydrogens is 415 g/mol. The summed E-state index contributed by atoms with van der Waals surface area (Å²) in [6, 6.07) is 5.39. The van der Waals surface area contributed by atoms with Gasteiger partial charge >= 0.3 is 5.97 Å². The number of hydrogen-bond donors (Lipinski definition) is 0. The van der Waals surface area contributed by atoms with Crippen molar-refractivity contribution in [1.29, 1.82) is 0 Å². The van der Waals surface area contributed by atoms with Gasteiger partial charge in [0, 0.05) is 12.3 Å². The third kappa shape index (κ3) is 3.67. The molecule has 4 aliphatic heterocycles. The van der Waals surface area contributed by atoms with Crippen LogP contribution in [-0.2, 0) is 24.0 Å². The average molecular weight is 449 g/mol. The Labute approximate surface area is 188 Å². The molecule has 4 heterocycles. The molecule has 8 atom stereocenters. The molecule has 176 valence electrons. The minimum absolute atomic E-state index is 0.000698. The van der Waals surface area contributed by atoms with Crippen molar-refractivity contribution in [3.63, 3.8) is 0 Å². The number of esters is 1. The molecule has 1 saturated carbocycles. The number of halogens is 1. The van der Waals surface area contributed by atoms with E-state index in [-0.39, 0.29) is 17.8 Å². The van der Waals surface area contributed by atoms with Crippen LogP contribution in [0.15, 0.2) is 24.3 Å². The molecule has 32 heavy (non-hydrogen) atoms. The first-order valence-electron chi connectivity index (χ1n) is 12.0. The van der Waals surface area contributed by atoms with Crippen LogP contribution in [0.3, 0.4) is 0 Å². The highest BCUT2D eigenvalue weighted by Gasteiger charge is 2.69. The fourth-order valence-corrected chi connectivity index (χ4v) is 6.43. The highest BCUT2D eigenvalue weighted by atomic mass is 19.1. The number of hydrogen-bond acceptors (Lipinski definition) is 6. The lowest BCUT2D eigenvalue weighted by Crippen LogP contribution is -2.70. The van der Waals surface area contributed by atoms with Crippen LogP contribution in [0.25, 0.3) is 0 Å². The molecule has 0 radical (unpaired) electrons. The lowest BCUT2D eigenvalue weighted by molar-refractivity contribution is -0.571. The molecule has 6 nitrogen and oxygen atoms in total. The summed E-state index contributed by atoms with van der Waals surface area (Å²) >= 11 is 0. The Kier molecular flexibility index (Phi) is 5.81. The number of benzene rings is 1. The fourth-order valence-electron chi connectivity index (χ4n) is 6.43. The Morgan fingerprint density at radius 1 is 1.12 bits per heavy atom. The highest BCUT2D eigenvalue weighted by Crippen LogP contribution is 2.60. The van der Waals surface area contributed by atoms with Gasteiger partial charge in [-0.3, -0.25) is 0 Å². The van der Waals surface area contributed by atoms with Gasteiger partial charge < -0.3 is 14.2 Å². The molecule has 1 aromatic rings. The lowest BCUT2D eigenvalue weighted by Gasteiger charge is -2.60. The smallest absolute Gasteiger partial charge is 0.338 e. The number of ether oxygens (including phenoxy) is 3. The van der Waals surface area contributed by atoms with Crippen molar-refractivity contribution >= 4 is 5.97 Å². The topological polar surface area (TPSA) is 63.2 Å². The predicted molar refractivity (Wildman–Crippen MR) is 113 cm³/mol. The maximum absolute atomic E-state index is 13.0. The molecule has 6 rings (SSSR count). The minimum atomic E-state index is -0.770. The van der Waals surface area contributed by atoms with Gasteiger partial charge in [0.25, 0.3) is 0 Å². The molecule has 2 bridgehead atoms. The van der Waals surface area contributed by atoms with Crippen molar-refractivity contribution < 1.29 is 33.2 Å². The average Bonchev–Trinajstić information content (AvgIpc) is 3.00. The number of carbonyl (C=O) groups excluding carboxylic acids is 1. The molecule has 1 spiro atoms. The van der Waals surface area contributed by atoms with E-state index in [9.17, 15) is 9.18 Å². The maximum atomic E-state index is 13.0. The van der Waals surface area contributed by atoms with Crippen LogP contribution in [0.2, 0.25) is 0 Å². The molecule has 1 aliphatic carbocycles. The first-order chi connectivity index (χ1) is 15.3. The van der Waals surface area contributed by atoms with Gasteiger partial charge in [0.05, 0.1) is 18.3 Å². The summed E-state index contributed by atoms with van der Waals surface area (Å²) in [6.07, 6.45) is 5.07. The molecule has 0 aromatic heterocycles. The lowest BCUT2D eigenvalue weighted by atomic mass is 9.57. The van der Waals surface area contributed by atoms with Crippen molar-refractivity contribution in [1.82, 2.24) is 0 Å². The van der Waals surface area contributed by atoms with Crippen LogP contribution in [0.1, 0.15) is 69.7 Å². The number of fused-ring (bicyclic) bond motifs is 2. The summed E-state index contributed by atoms with van der Waals surface area (Å²) in [5, 5.41) is 0. The Balaban J connectivity index is 1.23. The second kappa shape index (κ2) is 8.35. The predicted octanol–water partition coefficient (Wildman–Crippen LogP) is 5.01. The van der Waals surface area contributed by atoms with Crippen LogP contribution >= 0.6 is 0 Å². The quantitative estimate of drug-likeness (QED) is 0.358. The zero-order valence-corrected chi connectivity index (χ0v) is 19.1. The van der Waals surface area contributed by atoms with Crippen LogP contribution in [0, 0.1) is 29.5 Å². The van der Waals surface area contributed by atoms with Crippen LogP contribution in [-0.4, -0.2) is 36.4 Å². The highest BCUT2D eigenvalue weighted by molar-refractivity contribution is 5.89. The molecule has 5 aliphatic rings. The van der Waals surface area contributed by atoms with Gasteiger partial charge in [-0.1, -0.05) is 13.8 Å². The molecule has 0 amide bonds. The fraction of sp³-hybridized carbons (Fsp3) is 0.720. The second-order valence-electron chi connectivity index (χ2n) is 10.2. The van der Waals surface area contributed by atoms with Gasteiger partial charge in [-0.25, -0.2) is 19.0 Å². The maximum Gasteiger partial charge on any atom is 0.338 e. The van der Waals surface area contributed by atoms with E-state index in [0.29, 0.717) is 36.3 Å². The van der Waals surface area contributed by atoms with Gasteiger partial charge in [0.1, 0.15) is 5.82 Å². The van der Waals surface area contributed by atoms with Crippen LogP contribution in [0.4, 0.5) is 4.39 Å². The molecule has 1 aromatic carbocycles. The van der Waals surface area contributed by atoms with E-state index in [0.717, 1.165) is 25.7 Å². The third-order valence-corrected chi connectivity index (χ3v) is 8.24. The Hall–Kier alpha value is -1.54. The van der Waals surface area contributed by atoms with E-state index in [1.165, 1.54) is 30.7 Å². The Morgan fingerprint density at radius 2 is 1.91 bits per heavy atom. The summed E-state index contributed by atoms with van der Waals surface area (Å²) in [5.74, 6) is -0.1000. The zero-order valence-electron chi connectivity index (χ0n) is 19.1. The number of rotatable bonds is 5. The third-order valence-electron chi connectivity index (χ3n) is 8.24. The Bertz CT molecular complexity index is 845. The van der Waals surface area contributed by atoms with E-state index in [1.54, 1.807) is 0 Å². The summed E-state index contributed by atoms with van der Waals surface area (Å²) in [6.45, 7) is 6.77. The van der Waals surface area contributed by atoms with Gasteiger partial charge in [-0.2, -0.15) is 0 Å². The van der Waals surface area contributed by atoms with E-state index < -0.39 is 23.6 Å². The summed E-state index contributed by atoms with van der Waals surface area (Å²) < 4.78 is 31.4. The van der Waals surface area contributed by atoms with E-state index >= 15 is 0 Å². The summed E-state index contributed by atoms with van der Waals surface area (Å²) in [4.78, 5) is 24.2. The zero-order chi connectivity index (χ0) is 22.5. The van der Waals surface area contributed by atoms with Crippen molar-refractivity contribution in [3.05, 3.63) is 35.6 Å². The van der Waals surface area contributed by atoms with Crippen molar-refractivity contribution in [2.75, 3.05) is 6.61 Å². The van der Waals surface area contributed by atoms with Crippen LogP contribution < -0.4 is 0 Å². The largest absolute Gasteiger partial charge is 0.462 e. The van der Waals surface area contributed by atoms with Crippen molar-refractivity contribution in [2.45, 2.75) is 83.1 Å². The Morgan fingerprint density at radius 3 is 2.69 bits per heavy atom. The molecular formula is C25H33FO6. The summed E-state index contributed by atoms with van der Waals surface area (Å²) in [5.41, 5.74) is -0.190. The van der Waals surface area contributed by atoms with E-state index in [2.05, 4.69) is 13.8 Å². The first kappa shape index (κ1) is 22.3. The summed E-state index contributed by atoms with van der Waals surface area (Å²) in [7, 11) is 0. The molecule has 0 N–H and O–H groups in total. The van der Waals surface area contributed by atoms with Gasteiger partial charge in [-0.05, 0) is 81.0 Å². The molecule has 5 fully saturated rings. The minimum Gasteiger partial charge on any atom is -0.462 e. The number of carbonyl (C=O) groups is 1. The molecule has 2 unspecified atom stereocenters. The van der Waals surface area contributed by atoms with E-state index in [1.807, 2.05) is 6.92 Å². The SMILES string of the molecule is C[C@H]1[C@@H](CCCOC(=O)c2ccc(F)cc2)OC2O[C@]3(C)CC[C@H]4[C@H](C)CC[C@@H]1C24OO3. The first-order valence-corrected chi connectivity index (χ1v) is 12.0. The van der Waals surface area contributed by atoms with Crippen LogP contribution in [0.5, 0.6) is 0 Å². The monoisotopic (exact) mass is 448 g/mol. The standard InChI is InChI=1S/C25H33FO6/c1-15-6-11-20-16(2)21(5-4-14-28-22(27)17-7-9-18(26)10-8-17)29-23-25(20)19(15)12-13-24(3,30-23)31-32-25/h7-10,15-16,19-21,23H,4-6,11-14H2,1-3H3/t15-,16-,19+,20+,21-,23?,24+,25?/m1/s1. The van der Waals surface area contributed by atoms with E-state index in [4.69, 9.17) is 24.0 Å². The van der Waals surface area contributed by atoms with Gasteiger partial charge in [0.15, 0.2) is 11.9 Å². The van der Waals surface area contributed by atoms with Gasteiger partial charge in [-0.15, -0.1) is 0 Å². The molecule has 7 heteroatoms. The molecule has 4 saturated heterocycles. The second-order valence-corrected chi connectivity index (χ2v) is 10.2. The van der Waals surface area contributed by atoms with Gasteiger partial charge in [0.2, 0.25) is 5.79 Å².